The van der Waals surface area contributed by atoms with E-state index < -0.39 is 0 Å². The Morgan fingerprint density at radius 2 is 2.26 bits per heavy atom. The molecule has 0 bridgehead atoms. The Balaban J connectivity index is 1.87. The monoisotopic (exact) mass is 278 g/mol. The highest BCUT2D eigenvalue weighted by Crippen LogP contribution is 2.29. The molecule has 0 saturated carbocycles. The van der Waals surface area contributed by atoms with Gasteiger partial charge in [0.2, 0.25) is 0 Å². The summed E-state index contributed by atoms with van der Waals surface area (Å²) in [5.41, 5.74) is 7.35. The summed E-state index contributed by atoms with van der Waals surface area (Å²) in [6.45, 7) is 0.796. The number of ether oxygens (including phenoxy) is 1. The van der Waals surface area contributed by atoms with Crippen LogP contribution in [-0.2, 0) is 4.74 Å². The van der Waals surface area contributed by atoms with E-state index >= 15 is 0 Å². The van der Waals surface area contributed by atoms with Crippen molar-refractivity contribution < 1.29 is 4.74 Å². The third-order valence-corrected chi connectivity index (χ3v) is 3.52. The molecule has 3 heterocycles. The topological polar surface area (TPSA) is 66.0 Å². The molecule has 1 fully saturated rings. The zero-order chi connectivity index (χ0) is 13.2. The van der Waals surface area contributed by atoms with Crippen molar-refractivity contribution in [2.24, 2.45) is 0 Å². The van der Waals surface area contributed by atoms with Crippen molar-refractivity contribution >= 4 is 17.4 Å². The summed E-state index contributed by atoms with van der Waals surface area (Å²) in [6.07, 6.45) is 7.03. The maximum Gasteiger partial charge on any atom is 0.150 e. The average Bonchev–Trinajstić information content (AvgIpc) is 2.89. The molecular weight excluding hydrogens is 264 g/mol. The predicted octanol–water partition coefficient (Wildman–Crippen LogP) is 2.88. The lowest BCUT2D eigenvalue weighted by molar-refractivity contribution is -0.0394. The maximum absolute atomic E-state index is 6.10. The standard InChI is InChI=1S/C13H15ClN4O/c14-13-10(4-5-11(15)17-13)9-7-16-18(8-9)12-3-1-2-6-19-12/h4-5,7-8,12H,1-3,6H2,(H2,15,17). The largest absolute Gasteiger partial charge is 0.384 e. The lowest BCUT2D eigenvalue weighted by atomic mass is 10.1. The number of pyridine rings is 1. The number of hydrogen-bond acceptors (Lipinski definition) is 4. The van der Waals surface area contributed by atoms with Crippen LogP contribution >= 0.6 is 11.6 Å². The number of hydrogen-bond donors (Lipinski definition) is 1. The van der Waals surface area contributed by atoms with E-state index in [-0.39, 0.29) is 6.23 Å². The molecule has 1 atom stereocenters. The molecule has 19 heavy (non-hydrogen) atoms. The van der Waals surface area contributed by atoms with Crippen LogP contribution in [0.1, 0.15) is 25.5 Å². The second kappa shape index (κ2) is 5.19. The number of rotatable bonds is 2. The first-order valence-corrected chi connectivity index (χ1v) is 6.70. The van der Waals surface area contributed by atoms with Gasteiger partial charge in [0.15, 0.2) is 0 Å². The predicted molar refractivity (Wildman–Crippen MR) is 73.7 cm³/mol. The van der Waals surface area contributed by atoms with Crippen molar-refractivity contribution in [1.29, 1.82) is 0 Å². The Bertz CT molecular complexity index is 578. The molecular formula is C13H15ClN4O. The Hall–Kier alpha value is -1.59. The average molecular weight is 279 g/mol. The van der Waals surface area contributed by atoms with Crippen LogP contribution in [-0.4, -0.2) is 21.4 Å². The van der Waals surface area contributed by atoms with Crippen molar-refractivity contribution in [1.82, 2.24) is 14.8 Å². The van der Waals surface area contributed by atoms with E-state index in [2.05, 4.69) is 10.1 Å². The molecule has 3 rings (SSSR count). The Kier molecular flexibility index (Phi) is 3.40. The lowest BCUT2D eigenvalue weighted by Gasteiger charge is -2.22. The van der Waals surface area contributed by atoms with Crippen LogP contribution in [0.2, 0.25) is 5.15 Å². The SMILES string of the molecule is Nc1ccc(-c2cnn(C3CCCCO3)c2)c(Cl)n1. The number of nitrogens with two attached hydrogens (primary N) is 1. The molecule has 1 aliphatic heterocycles. The fraction of sp³-hybridized carbons (Fsp3) is 0.385. The van der Waals surface area contributed by atoms with Crippen LogP contribution in [0, 0.1) is 0 Å². The Morgan fingerprint density at radius 1 is 1.37 bits per heavy atom. The van der Waals surface area contributed by atoms with E-state index in [0.717, 1.165) is 30.6 Å². The molecule has 0 aliphatic carbocycles. The molecule has 0 radical (unpaired) electrons. The fourth-order valence-electron chi connectivity index (χ4n) is 2.23. The molecule has 1 unspecified atom stereocenters. The van der Waals surface area contributed by atoms with Gasteiger partial charge in [0.1, 0.15) is 17.2 Å². The zero-order valence-electron chi connectivity index (χ0n) is 10.4. The molecule has 5 nitrogen and oxygen atoms in total. The van der Waals surface area contributed by atoms with E-state index in [0.29, 0.717) is 11.0 Å². The minimum atomic E-state index is 0.0306. The van der Waals surface area contributed by atoms with Gasteiger partial charge in [0.25, 0.3) is 0 Å². The van der Waals surface area contributed by atoms with Gasteiger partial charge in [-0.05, 0) is 31.4 Å². The normalized spacial score (nSPS) is 19.5. The maximum atomic E-state index is 6.10. The van der Waals surface area contributed by atoms with E-state index in [9.17, 15) is 0 Å². The summed E-state index contributed by atoms with van der Waals surface area (Å²) in [5, 5.41) is 4.75. The van der Waals surface area contributed by atoms with Crippen LogP contribution in [0.4, 0.5) is 5.82 Å². The van der Waals surface area contributed by atoms with Crippen LogP contribution in [0.5, 0.6) is 0 Å². The highest BCUT2D eigenvalue weighted by atomic mass is 35.5. The molecule has 2 N–H and O–H groups in total. The van der Waals surface area contributed by atoms with E-state index in [1.54, 1.807) is 12.3 Å². The van der Waals surface area contributed by atoms with Crippen LogP contribution in [0.15, 0.2) is 24.5 Å². The van der Waals surface area contributed by atoms with Gasteiger partial charge in [0, 0.05) is 23.9 Å². The van der Waals surface area contributed by atoms with Crippen molar-refractivity contribution in [2.75, 3.05) is 12.3 Å². The van der Waals surface area contributed by atoms with E-state index in [1.807, 2.05) is 16.9 Å². The van der Waals surface area contributed by atoms with Gasteiger partial charge in [-0.15, -0.1) is 0 Å². The molecule has 2 aromatic rings. The van der Waals surface area contributed by atoms with Gasteiger partial charge in [-0.25, -0.2) is 9.67 Å². The second-order valence-electron chi connectivity index (χ2n) is 4.60. The van der Waals surface area contributed by atoms with Gasteiger partial charge >= 0.3 is 0 Å². The number of nitrogens with zero attached hydrogens (tertiary/aromatic N) is 3. The zero-order valence-corrected chi connectivity index (χ0v) is 11.2. The smallest absolute Gasteiger partial charge is 0.150 e. The summed E-state index contributed by atoms with van der Waals surface area (Å²) < 4.78 is 7.54. The first-order valence-electron chi connectivity index (χ1n) is 6.32. The van der Waals surface area contributed by atoms with Crippen molar-refractivity contribution in [3.63, 3.8) is 0 Å². The Labute approximate surface area is 116 Å². The van der Waals surface area contributed by atoms with Gasteiger partial charge < -0.3 is 10.5 Å². The minimum Gasteiger partial charge on any atom is -0.384 e. The number of nitrogen functional groups attached to an aromatic ring is 1. The first-order chi connectivity index (χ1) is 9.24. The summed E-state index contributed by atoms with van der Waals surface area (Å²) in [4.78, 5) is 4.05. The van der Waals surface area contributed by atoms with Crippen LogP contribution in [0.3, 0.4) is 0 Å². The molecule has 1 saturated heterocycles. The third-order valence-electron chi connectivity index (χ3n) is 3.23. The first kappa shape index (κ1) is 12.4. The van der Waals surface area contributed by atoms with Gasteiger partial charge in [0.05, 0.1) is 6.20 Å². The van der Waals surface area contributed by atoms with E-state index in [4.69, 9.17) is 22.1 Å². The van der Waals surface area contributed by atoms with Crippen LogP contribution < -0.4 is 5.73 Å². The van der Waals surface area contributed by atoms with Crippen molar-refractivity contribution in [3.05, 3.63) is 29.7 Å². The lowest BCUT2D eigenvalue weighted by Crippen LogP contribution is -2.18. The molecule has 6 heteroatoms. The molecule has 100 valence electrons. The van der Waals surface area contributed by atoms with Gasteiger partial charge in [-0.2, -0.15) is 5.10 Å². The Morgan fingerprint density at radius 3 is 3.00 bits per heavy atom. The molecule has 2 aromatic heterocycles. The number of halogens is 1. The molecule has 0 amide bonds. The fourth-order valence-corrected chi connectivity index (χ4v) is 2.50. The summed E-state index contributed by atoms with van der Waals surface area (Å²) in [7, 11) is 0. The number of anilines is 1. The highest BCUT2D eigenvalue weighted by molar-refractivity contribution is 6.32. The second-order valence-corrected chi connectivity index (χ2v) is 4.96. The quantitative estimate of drug-likeness (QED) is 0.858. The molecule has 1 aliphatic rings. The molecule has 0 spiro atoms. The van der Waals surface area contributed by atoms with E-state index in [1.165, 1.54) is 6.42 Å². The van der Waals surface area contributed by atoms with Gasteiger partial charge in [-0.1, -0.05) is 11.6 Å². The summed E-state index contributed by atoms with van der Waals surface area (Å²) in [5.74, 6) is 0.414. The van der Waals surface area contributed by atoms with Gasteiger partial charge in [-0.3, -0.25) is 0 Å². The summed E-state index contributed by atoms with van der Waals surface area (Å²) >= 11 is 6.10. The highest BCUT2D eigenvalue weighted by Gasteiger charge is 2.17. The molecule has 0 aromatic carbocycles. The van der Waals surface area contributed by atoms with Crippen molar-refractivity contribution in [2.45, 2.75) is 25.5 Å². The van der Waals surface area contributed by atoms with Crippen molar-refractivity contribution in [3.8, 4) is 11.1 Å². The summed E-state index contributed by atoms with van der Waals surface area (Å²) in [6, 6.07) is 3.59. The minimum absolute atomic E-state index is 0.0306. The number of aromatic nitrogens is 3. The third kappa shape index (κ3) is 2.57. The van der Waals surface area contributed by atoms with Crippen LogP contribution in [0.25, 0.3) is 11.1 Å².